The molecule has 0 aliphatic heterocycles. The van der Waals surface area contributed by atoms with Gasteiger partial charge < -0.3 is 9.83 Å². The average molecular weight is 488 g/mol. The molecule has 0 bridgehead atoms. The second-order valence-corrected chi connectivity index (χ2v) is 9.66. The molecule has 0 amide bonds. The molecule has 180 valence electrons. The Morgan fingerprint density at radius 2 is 1.37 bits per heavy atom. The van der Waals surface area contributed by atoms with Crippen LogP contribution < -0.4 is 0 Å². The molecular weight excluding hydrogens is 462 g/mol. The number of allylic oxidation sites excluding steroid dienone is 8. The van der Waals surface area contributed by atoms with Crippen LogP contribution in [0.3, 0.4) is 0 Å². The number of rotatable bonds is 3. The summed E-state index contributed by atoms with van der Waals surface area (Å²) in [5.41, 5.74) is 6.15. The summed E-state index contributed by atoms with van der Waals surface area (Å²) >= 11 is 0. The number of para-hydroxylation sites is 1. The van der Waals surface area contributed by atoms with Gasteiger partial charge in [0.2, 0.25) is 0 Å². The van der Waals surface area contributed by atoms with E-state index in [0.717, 1.165) is 55.0 Å². The predicted octanol–water partition coefficient (Wildman–Crippen LogP) is 10.1. The smallest absolute Gasteiger partial charge is 0.144 e. The van der Waals surface area contributed by atoms with Crippen LogP contribution in [0.15, 0.2) is 137 Å². The SMILES string of the molecule is C=CC1=C(/C=C\C)/C(=C/c2cc3c4ccccc4c4ccccc4c3c3oc4ccccc4c23)C(=N)C=C1. The van der Waals surface area contributed by atoms with Gasteiger partial charge in [0.1, 0.15) is 11.2 Å². The molecule has 38 heavy (non-hydrogen) atoms. The maximum atomic E-state index is 8.82. The first-order valence-corrected chi connectivity index (χ1v) is 12.9. The quantitative estimate of drug-likeness (QED) is 0.248. The molecule has 1 N–H and O–H groups in total. The van der Waals surface area contributed by atoms with Crippen molar-refractivity contribution >= 4 is 66.0 Å². The Bertz CT molecular complexity index is 2110. The molecule has 0 fully saturated rings. The number of benzene rings is 5. The maximum Gasteiger partial charge on any atom is 0.144 e. The van der Waals surface area contributed by atoms with Crippen LogP contribution in [0.4, 0.5) is 0 Å². The van der Waals surface area contributed by atoms with Crippen LogP contribution >= 0.6 is 0 Å². The number of nitrogens with one attached hydrogen (secondary N) is 1. The molecule has 0 saturated carbocycles. The molecule has 1 aliphatic carbocycles. The Kier molecular flexibility index (Phi) is 5.02. The molecule has 2 heteroatoms. The number of hydrogen-bond acceptors (Lipinski definition) is 2. The van der Waals surface area contributed by atoms with Gasteiger partial charge in [-0.25, -0.2) is 0 Å². The Morgan fingerprint density at radius 3 is 2.08 bits per heavy atom. The molecule has 0 spiro atoms. The molecule has 5 aromatic carbocycles. The van der Waals surface area contributed by atoms with Gasteiger partial charge in [-0.15, -0.1) is 0 Å². The van der Waals surface area contributed by atoms with Crippen molar-refractivity contribution in [1.82, 2.24) is 0 Å². The van der Waals surface area contributed by atoms with Crippen LogP contribution in [-0.2, 0) is 0 Å². The van der Waals surface area contributed by atoms with E-state index in [1.165, 1.54) is 21.5 Å². The van der Waals surface area contributed by atoms with Gasteiger partial charge in [0.25, 0.3) is 0 Å². The van der Waals surface area contributed by atoms with E-state index in [4.69, 9.17) is 9.83 Å². The van der Waals surface area contributed by atoms with Crippen LogP contribution in [0, 0.1) is 5.41 Å². The van der Waals surface area contributed by atoms with Crippen molar-refractivity contribution in [3.63, 3.8) is 0 Å². The van der Waals surface area contributed by atoms with E-state index in [1.54, 1.807) is 0 Å². The molecule has 0 unspecified atom stereocenters. The molecule has 1 heterocycles. The summed E-state index contributed by atoms with van der Waals surface area (Å²) in [7, 11) is 0. The molecule has 2 nitrogen and oxygen atoms in total. The van der Waals surface area contributed by atoms with E-state index in [9.17, 15) is 0 Å². The van der Waals surface area contributed by atoms with Gasteiger partial charge >= 0.3 is 0 Å². The second kappa shape index (κ2) is 8.57. The van der Waals surface area contributed by atoms with Gasteiger partial charge in [-0.3, -0.25) is 0 Å². The van der Waals surface area contributed by atoms with Crippen molar-refractivity contribution in [3.05, 3.63) is 138 Å². The van der Waals surface area contributed by atoms with Crippen molar-refractivity contribution in [3.8, 4) is 0 Å². The summed E-state index contributed by atoms with van der Waals surface area (Å²) in [6.45, 7) is 6.02. The minimum absolute atomic E-state index is 0.480. The fraction of sp³-hybridized carbons (Fsp3) is 0.0278. The second-order valence-electron chi connectivity index (χ2n) is 9.66. The van der Waals surface area contributed by atoms with E-state index in [2.05, 4.69) is 85.5 Å². The first-order valence-electron chi connectivity index (χ1n) is 12.9. The van der Waals surface area contributed by atoms with Crippen molar-refractivity contribution in [2.24, 2.45) is 0 Å². The third-order valence-electron chi connectivity index (χ3n) is 7.56. The standard InChI is InChI=1S/C36H25NO/c1-3-11-24-22(4-2)18-19-32(37)30(24)20-23-21-31-27-14-6-5-12-25(27)26-13-7-8-15-28(26)35(31)36-34(23)29-16-9-10-17-33(29)38-36/h3-21,37H,2H2,1H3/b11-3-,30-20-,37-32?. The zero-order valence-electron chi connectivity index (χ0n) is 21.1. The zero-order chi connectivity index (χ0) is 25.8. The molecule has 1 aliphatic rings. The Morgan fingerprint density at radius 1 is 0.737 bits per heavy atom. The first-order chi connectivity index (χ1) is 18.7. The summed E-state index contributed by atoms with van der Waals surface area (Å²) in [5.74, 6) is 0. The molecule has 6 aromatic rings. The third-order valence-corrected chi connectivity index (χ3v) is 7.56. The summed E-state index contributed by atoms with van der Waals surface area (Å²) in [6.07, 6.45) is 11.9. The minimum atomic E-state index is 0.480. The van der Waals surface area contributed by atoms with Crippen LogP contribution in [-0.4, -0.2) is 5.71 Å². The summed E-state index contributed by atoms with van der Waals surface area (Å²) in [6, 6.07) is 27.7. The van der Waals surface area contributed by atoms with Crippen LogP contribution in [0.5, 0.6) is 0 Å². The third kappa shape index (κ3) is 3.17. The largest absolute Gasteiger partial charge is 0.455 e. The molecule has 0 saturated heterocycles. The lowest BCUT2D eigenvalue weighted by atomic mass is 9.87. The topological polar surface area (TPSA) is 37.0 Å². The van der Waals surface area contributed by atoms with Crippen LogP contribution in [0.1, 0.15) is 12.5 Å². The highest BCUT2D eigenvalue weighted by atomic mass is 16.3. The zero-order valence-corrected chi connectivity index (χ0v) is 21.1. The van der Waals surface area contributed by atoms with Gasteiger partial charge in [-0.2, -0.15) is 0 Å². The van der Waals surface area contributed by atoms with E-state index in [-0.39, 0.29) is 0 Å². The van der Waals surface area contributed by atoms with Crippen LogP contribution in [0.2, 0.25) is 0 Å². The predicted molar refractivity (Wildman–Crippen MR) is 163 cm³/mol. The fourth-order valence-electron chi connectivity index (χ4n) is 5.91. The molecule has 0 atom stereocenters. The van der Waals surface area contributed by atoms with Gasteiger partial charge in [0.05, 0.1) is 5.71 Å². The lowest BCUT2D eigenvalue weighted by molar-refractivity contribution is 0.673. The van der Waals surface area contributed by atoms with E-state index < -0.39 is 0 Å². The fourth-order valence-corrected chi connectivity index (χ4v) is 5.91. The van der Waals surface area contributed by atoms with Gasteiger partial charge in [-0.1, -0.05) is 97.6 Å². The molecular formula is C36H25NO. The average Bonchev–Trinajstić information content (AvgIpc) is 3.35. The number of fused-ring (bicyclic) bond motifs is 10. The Hall–Kier alpha value is -4.95. The highest BCUT2D eigenvalue weighted by Gasteiger charge is 2.20. The van der Waals surface area contributed by atoms with Gasteiger partial charge in [0, 0.05) is 21.7 Å². The summed E-state index contributed by atoms with van der Waals surface area (Å²) < 4.78 is 6.66. The molecule has 1 aromatic heterocycles. The van der Waals surface area contributed by atoms with Crippen LogP contribution in [0.25, 0.3) is 60.3 Å². The van der Waals surface area contributed by atoms with E-state index in [1.807, 2.05) is 43.4 Å². The van der Waals surface area contributed by atoms with Crippen molar-refractivity contribution < 1.29 is 4.42 Å². The summed E-state index contributed by atoms with van der Waals surface area (Å²) in [4.78, 5) is 0. The Balaban J connectivity index is 1.71. The van der Waals surface area contributed by atoms with Crippen molar-refractivity contribution in [1.29, 1.82) is 5.41 Å². The van der Waals surface area contributed by atoms with E-state index >= 15 is 0 Å². The highest BCUT2D eigenvalue weighted by Crippen LogP contribution is 2.44. The Labute approximate surface area is 220 Å². The van der Waals surface area contributed by atoms with Gasteiger partial charge in [0.15, 0.2) is 0 Å². The van der Waals surface area contributed by atoms with E-state index in [0.29, 0.717) is 5.71 Å². The highest BCUT2D eigenvalue weighted by molar-refractivity contribution is 6.33. The lowest BCUT2D eigenvalue weighted by Gasteiger charge is -2.17. The first kappa shape index (κ1) is 22.3. The maximum absolute atomic E-state index is 8.82. The minimum Gasteiger partial charge on any atom is -0.455 e. The monoisotopic (exact) mass is 487 g/mol. The normalized spacial score (nSPS) is 15.4. The lowest BCUT2D eigenvalue weighted by Crippen LogP contribution is -2.06. The van der Waals surface area contributed by atoms with Crippen molar-refractivity contribution in [2.45, 2.75) is 6.92 Å². The molecule has 0 radical (unpaired) electrons. The van der Waals surface area contributed by atoms with Crippen molar-refractivity contribution in [2.75, 3.05) is 0 Å². The van der Waals surface area contributed by atoms with Gasteiger partial charge in [-0.05, 0) is 74.8 Å². The summed E-state index contributed by atoms with van der Waals surface area (Å²) in [5, 5.41) is 18.1. The number of furan rings is 1. The molecule has 7 rings (SSSR count). The number of hydrogen-bond donors (Lipinski definition) is 1.